The third-order valence-corrected chi connectivity index (χ3v) is 2.55. The largest absolute Gasteiger partial charge is 0.288 e. The molecule has 0 radical (unpaired) electrons. The Labute approximate surface area is 97.1 Å². The molecule has 16 heavy (non-hydrogen) atoms. The highest BCUT2D eigenvalue weighted by Crippen LogP contribution is 2.05. The molecule has 0 aromatic carbocycles. The van der Waals surface area contributed by atoms with Crippen molar-refractivity contribution in [2.45, 2.75) is 6.92 Å². The van der Waals surface area contributed by atoms with E-state index in [4.69, 9.17) is 0 Å². The number of hydrogen-bond acceptors (Lipinski definition) is 4. The highest BCUT2D eigenvalue weighted by Gasteiger charge is 2.00. The van der Waals surface area contributed by atoms with Gasteiger partial charge in [-0.15, -0.1) is 0 Å². The third-order valence-electron chi connectivity index (χ3n) is 1.85. The van der Waals surface area contributed by atoms with Crippen LogP contribution < -0.4 is 0 Å². The summed E-state index contributed by atoms with van der Waals surface area (Å²) in [6, 6.07) is 1.81. The first-order valence-corrected chi connectivity index (χ1v) is 5.66. The molecule has 0 atom stereocenters. The molecule has 2 aromatic heterocycles. The monoisotopic (exact) mass is 231 g/mol. The Morgan fingerprint density at radius 1 is 1.62 bits per heavy atom. The van der Waals surface area contributed by atoms with Crippen molar-refractivity contribution in [2.75, 3.05) is 5.75 Å². The molecule has 0 saturated heterocycles. The van der Waals surface area contributed by atoms with Gasteiger partial charge in [0.05, 0.1) is 17.5 Å². The van der Waals surface area contributed by atoms with E-state index in [9.17, 15) is 4.79 Å². The van der Waals surface area contributed by atoms with Crippen molar-refractivity contribution < 1.29 is 4.79 Å². The zero-order chi connectivity index (χ0) is 11.4. The van der Waals surface area contributed by atoms with E-state index in [1.165, 1.54) is 18.7 Å². The number of hydrogen-bond donors (Lipinski definition) is 0. The highest BCUT2D eigenvalue weighted by atomic mass is 32.2. The summed E-state index contributed by atoms with van der Waals surface area (Å²) >= 11 is 1.20. The Bertz CT molecular complexity index is 579. The van der Waals surface area contributed by atoms with E-state index in [0.717, 1.165) is 11.2 Å². The van der Waals surface area contributed by atoms with Gasteiger partial charge in [0, 0.05) is 19.3 Å². The van der Waals surface area contributed by atoms with Crippen LogP contribution in [0, 0.1) is 11.8 Å². The molecule has 5 heteroatoms. The Hall–Kier alpha value is -1.80. The number of carbonyl (C=O) groups is 1. The fraction of sp³-hybridized carbons (Fsp3) is 0.182. The van der Waals surface area contributed by atoms with E-state index in [0.29, 0.717) is 5.75 Å². The van der Waals surface area contributed by atoms with Crippen molar-refractivity contribution >= 4 is 22.5 Å². The van der Waals surface area contributed by atoms with Crippen LogP contribution >= 0.6 is 11.8 Å². The highest BCUT2D eigenvalue weighted by molar-refractivity contribution is 8.13. The Balaban J connectivity index is 2.18. The smallest absolute Gasteiger partial charge is 0.186 e. The van der Waals surface area contributed by atoms with Gasteiger partial charge in [-0.1, -0.05) is 23.6 Å². The fourth-order valence-electron chi connectivity index (χ4n) is 1.18. The summed E-state index contributed by atoms with van der Waals surface area (Å²) in [5.74, 6) is 6.36. The maximum Gasteiger partial charge on any atom is 0.186 e. The average Bonchev–Trinajstić information content (AvgIpc) is 2.68. The van der Waals surface area contributed by atoms with Crippen molar-refractivity contribution in [1.82, 2.24) is 14.6 Å². The van der Waals surface area contributed by atoms with Crippen LogP contribution in [-0.4, -0.2) is 25.5 Å². The molecule has 80 valence electrons. The molecule has 2 heterocycles. The van der Waals surface area contributed by atoms with Gasteiger partial charge in [0.25, 0.3) is 0 Å². The van der Waals surface area contributed by atoms with Gasteiger partial charge in [0.2, 0.25) is 0 Å². The van der Waals surface area contributed by atoms with Crippen LogP contribution in [0.3, 0.4) is 0 Å². The molecule has 0 aliphatic carbocycles. The summed E-state index contributed by atoms with van der Waals surface area (Å²) in [6.45, 7) is 1.53. The number of fused-ring (bicyclic) bond motifs is 1. The van der Waals surface area contributed by atoms with Gasteiger partial charge in [-0.25, -0.2) is 9.50 Å². The van der Waals surface area contributed by atoms with Gasteiger partial charge in [-0.3, -0.25) is 4.79 Å². The Morgan fingerprint density at radius 2 is 2.50 bits per heavy atom. The lowest BCUT2D eigenvalue weighted by Crippen LogP contribution is -1.87. The van der Waals surface area contributed by atoms with Crippen LogP contribution in [0.4, 0.5) is 0 Å². The number of aromatic nitrogens is 3. The van der Waals surface area contributed by atoms with E-state index in [1.54, 1.807) is 16.9 Å². The molecule has 0 N–H and O–H groups in total. The first-order valence-electron chi connectivity index (χ1n) is 4.68. The van der Waals surface area contributed by atoms with E-state index in [2.05, 4.69) is 21.9 Å². The van der Waals surface area contributed by atoms with Crippen LogP contribution in [0.15, 0.2) is 24.7 Å². The summed E-state index contributed by atoms with van der Waals surface area (Å²) < 4.78 is 1.67. The molecule has 0 fully saturated rings. The van der Waals surface area contributed by atoms with E-state index in [1.807, 2.05) is 12.3 Å². The zero-order valence-corrected chi connectivity index (χ0v) is 9.49. The normalized spacial score (nSPS) is 9.81. The lowest BCUT2D eigenvalue weighted by atomic mass is 10.3. The SMILES string of the molecule is CC(=O)SCC#Cc1cnn2cccnc12. The minimum atomic E-state index is 0.0762. The van der Waals surface area contributed by atoms with Crippen molar-refractivity contribution in [2.24, 2.45) is 0 Å². The first kappa shape index (κ1) is 10.7. The number of thioether (sulfide) groups is 1. The van der Waals surface area contributed by atoms with Crippen molar-refractivity contribution in [3.8, 4) is 11.8 Å². The van der Waals surface area contributed by atoms with E-state index in [-0.39, 0.29) is 5.12 Å². The minimum absolute atomic E-state index is 0.0762. The molecule has 2 rings (SSSR count). The molecule has 0 aliphatic heterocycles. The van der Waals surface area contributed by atoms with Crippen LogP contribution in [0.1, 0.15) is 12.5 Å². The summed E-state index contributed by atoms with van der Waals surface area (Å²) in [5, 5.41) is 4.19. The maximum atomic E-state index is 10.7. The van der Waals surface area contributed by atoms with E-state index < -0.39 is 0 Å². The van der Waals surface area contributed by atoms with Gasteiger partial charge in [0.1, 0.15) is 0 Å². The zero-order valence-electron chi connectivity index (χ0n) is 8.67. The Kier molecular flexibility index (Phi) is 3.22. The van der Waals surface area contributed by atoms with Crippen molar-refractivity contribution in [3.63, 3.8) is 0 Å². The summed E-state index contributed by atoms with van der Waals surface area (Å²) in [7, 11) is 0. The van der Waals surface area contributed by atoms with Gasteiger partial charge in [-0.05, 0) is 6.07 Å². The van der Waals surface area contributed by atoms with Crippen LogP contribution in [0.25, 0.3) is 5.65 Å². The molecular weight excluding hydrogens is 222 g/mol. The predicted molar refractivity (Wildman–Crippen MR) is 63.0 cm³/mol. The quantitative estimate of drug-likeness (QED) is 0.695. The third kappa shape index (κ3) is 2.41. The summed E-state index contributed by atoms with van der Waals surface area (Å²) in [5.41, 5.74) is 1.52. The second-order valence-corrected chi connectivity index (χ2v) is 4.18. The van der Waals surface area contributed by atoms with Crippen LogP contribution in [0.5, 0.6) is 0 Å². The van der Waals surface area contributed by atoms with Crippen molar-refractivity contribution in [1.29, 1.82) is 0 Å². The topological polar surface area (TPSA) is 47.3 Å². The number of rotatable bonds is 1. The van der Waals surface area contributed by atoms with E-state index >= 15 is 0 Å². The number of carbonyl (C=O) groups excluding carboxylic acids is 1. The van der Waals surface area contributed by atoms with Gasteiger partial charge < -0.3 is 0 Å². The predicted octanol–water partition coefficient (Wildman–Crippen LogP) is 1.36. The summed E-state index contributed by atoms with van der Waals surface area (Å²) in [4.78, 5) is 14.9. The first-order chi connectivity index (χ1) is 7.77. The standard InChI is InChI=1S/C11H9N3OS/c1-9(15)16-7-2-4-10-8-13-14-6-3-5-12-11(10)14/h3,5-6,8H,7H2,1H3. The number of nitrogens with zero attached hydrogens (tertiary/aromatic N) is 3. The molecule has 0 aliphatic rings. The van der Waals surface area contributed by atoms with Crippen molar-refractivity contribution in [3.05, 3.63) is 30.2 Å². The molecule has 0 amide bonds. The maximum absolute atomic E-state index is 10.7. The molecule has 0 bridgehead atoms. The second kappa shape index (κ2) is 4.81. The van der Waals surface area contributed by atoms with Gasteiger partial charge >= 0.3 is 0 Å². The fourth-order valence-corrected chi connectivity index (χ4v) is 1.53. The van der Waals surface area contributed by atoms with Crippen LogP contribution in [0.2, 0.25) is 0 Å². The minimum Gasteiger partial charge on any atom is -0.288 e. The molecule has 2 aromatic rings. The molecule has 0 saturated carbocycles. The molecule has 0 spiro atoms. The second-order valence-electron chi connectivity index (χ2n) is 3.03. The lowest BCUT2D eigenvalue weighted by Gasteiger charge is -1.89. The summed E-state index contributed by atoms with van der Waals surface area (Å²) in [6.07, 6.45) is 5.19. The van der Waals surface area contributed by atoms with Crippen LogP contribution in [-0.2, 0) is 4.79 Å². The molecule has 0 unspecified atom stereocenters. The lowest BCUT2D eigenvalue weighted by molar-refractivity contribution is -0.109. The van der Waals surface area contributed by atoms with Gasteiger partial charge in [0.15, 0.2) is 10.8 Å². The molecule has 4 nitrogen and oxygen atoms in total. The Morgan fingerprint density at radius 3 is 3.31 bits per heavy atom. The molecular formula is C11H9N3OS. The van der Waals surface area contributed by atoms with Gasteiger partial charge in [-0.2, -0.15) is 5.10 Å². The average molecular weight is 231 g/mol.